The van der Waals surface area contributed by atoms with E-state index in [1.165, 1.54) is 35.6 Å². The molecule has 25 heavy (non-hydrogen) atoms. The number of hydrogen-bond donors (Lipinski definition) is 1. The zero-order valence-electron chi connectivity index (χ0n) is 13.4. The number of nitrogens with one attached hydrogen (secondary N) is 1. The number of hydrogen-bond acceptors (Lipinski definition) is 3. The molecule has 0 atom stereocenters. The van der Waals surface area contributed by atoms with Gasteiger partial charge in [-0.1, -0.05) is 34.8 Å². The number of benzene rings is 2. The van der Waals surface area contributed by atoms with Gasteiger partial charge in [-0.2, -0.15) is 0 Å². The minimum atomic E-state index is -3.36. The number of rotatable bonds is 5. The van der Waals surface area contributed by atoms with E-state index in [0.29, 0.717) is 16.9 Å². The minimum absolute atomic E-state index is 0.0123. The monoisotopic (exact) mass is 420 g/mol. The number of amides is 1. The molecule has 2 aromatic rings. The second-order valence-electron chi connectivity index (χ2n) is 5.12. The highest BCUT2D eigenvalue weighted by molar-refractivity contribution is 7.92. The first-order chi connectivity index (χ1) is 11.7. The molecule has 1 amide bonds. The Bertz CT molecular complexity index is 900. The summed E-state index contributed by atoms with van der Waals surface area (Å²) in [6.07, 6.45) is 0. The minimum Gasteiger partial charge on any atom is -0.321 e. The van der Waals surface area contributed by atoms with Crippen molar-refractivity contribution in [2.45, 2.75) is 6.92 Å². The van der Waals surface area contributed by atoms with Crippen LogP contribution in [0.4, 0.5) is 11.4 Å². The molecular formula is C16H15Cl3N2O3S. The standard InChI is InChI=1S/C16H15Cl3N2O3S/c1-3-25(23,24)21(2)11-6-4-10(5-7-11)16(22)20-15-9-13(18)12(17)8-14(15)19/h4-9H,3H2,1-2H3,(H,20,22). The Hall–Kier alpha value is -1.47. The van der Waals surface area contributed by atoms with Crippen LogP contribution in [0.25, 0.3) is 0 Å². The first-order valence-electron chi connectivity index (χ1n) is 7.18. The van der Waals surface area contributed by atoms with Gasteiger partial charge in [0.05, 0.1) is 32.2 Å². The number of sulfonamides is 1. The first kappa shape index (κ1) is 19.8. The highest BCUT2D eigenvalue weighted by atomic mass is 35.5. The van der Waals surface area contributed by atoms with Gasteiger partial charge in [0, 0.05) is 12.6 Å². The van der Waals surface area contributed by atoms with E-state index in [0.717, 1.165) is 0 Å². The summed E-state index contributed by atoms with van der Waals surface area (Å²) < 4.78 is 24.9. The van der Waals surface area contributed by atoms with Crippen LogP contribution >= 0.6 is 34.8 Å². The van der Waals surface area contributed by atoms with Gasteiger partial charge in [0.1, 0.15) is 0 Å². The number of halogens is 3. The molecule has 0 unspecified atom stereocenters. The van der Waals surface area contributed by atoms with Gasteiger partial charge in [-0.05, 0) is 43.3 Å². The van der Waals surface area contributed by atoms with Crippen LogP contribution in [0, 0.1) is 0 Å². The molecule has 0 saturated heterocycles. The van der Waals surface area contributed by atoms with Gasteiger partial charge < -0.3 is 5.32 Å². The Balaban J connectivity index is 2.20. The molecule has 0 aliphatic carbocycles. The van der Waals surface area contributed by atoms with Crippen LogP contribution in [0.3, 0.4) is 0 Å². The molecule has 2 rings (SSSR count). The van der Waals surface area contributed by atoms with Crippen molar-refractivity contribution in [2.24, 2.45) is 0 Å². The van der Waals surface area contributed by atoms with Crippen LogP contribution in [-0.2, 0) is 10.0 Å². The fourth-order valence-electron chi connectivity index (χ4n) is 1.99. The van der Waals surface area contributed by atoms with Crippen LogP contribution in [0.5, 0.6) is 0 Å². The smallest absolute Gasteiger partial charge is 0.255 e. The van der Waals surface area contributed by atoms with Crippen molar-refractivity contribution in [3.8, 4) is 0 Å². The van der Waals surface area contributed by atoms with E-state index in [4.69, 9.17) is 34.8 Å². The Morgan fingerprint density at radius 2 is 1.60 bits per heavy atom. The van der Waals surface area contributed by atoms with Gasteiger partial charge in [-0.3, -0.25) is 9.10 Å². The largest absolute Gasteiger partial charge is 0.321 e. The summed E-state index contributed by atoms with van der Waals surface area (Å²) in [5, 5.41) is 3.45. The SMILES string of the molecule is CCS(=O)(=O)N(C)c1ccc(C(=O)Nc2cc(Cl)c(Cl)cc2Cl)cc1. The van der Waals surface area contributed by atoms with Gasteiger partial charge in [0.15, 0.2) is 0 Å². The fourth-order valence-corrected chi connectivity index (χ4v) is 3.41. The zero-order valence-corrected chi connectivity index (χ0v) is 16.5. The average Bonchev–Trinajstić information content (AvgIpc) is 2.59. The Kier molecular flexibility index (Phi) is 6.21. The van der Waals surface area contributed by atoms with E-state index in [-0.39, 0.29) is 20.8 Å². The quantitative estimate of drug-likeness (QED) is 0.712. The van der Waals surface area contributed by atoms with E-state index in [1.807, 2.05) is 0 Å². The summed E-state index contributed by atoms with van der Waals surface area (Å²) in [6, 6.07) is 9.06. The maximum absolute atomic E-state index is 12.3. The van der Waals surface area contributed by atoms with Crippen molar-refractivity contribution in [3.63, 3.8) is 0 Å². The summed E-state index contributed by atoms with van der Waals surface area (Å²) in [4.78, 5) is 12.3. The van der Waals surface area contributed by atoms with Crippen LogP contribution < -0.4 is 9.62 Å². The van der Waals surface area contributed by atoms with Crippen LogP contribution in [0.15, 0.2) is 36.4 Å². The lowest BCUT2D eigenvalue weighted by atomic mass is 10.2. The van der Waals surface area contributed by atoms with E-state index in [2.05, 4.69) is 5.32 Å². The van der Waals surface area contributed by atoms with Crippen molar-refractivity contribution < 1.29 is 13.2 Å². The Labute approximate surface area is 161 Å². The molecule has 0 bridgehead atoms. The molecule has 0 spiro atoms. The molecular weight excluding hydrogens is 407 g/mol. The average molecular weight is 422 g/mol. The topological polar surface area (TPSA) is 66.5 Å². The van der Waals surface area contributed by atoms with Gasteiger partial charge in [0.2, 0.25) is 10.0 Å². The summed E-state index contributed by atoms with van der Waals surface area (Å²) >= 11 is 17.8. The number of carbonyl (C=O) groups excluding carboxylic acids is 1. The van der Waals surface area contributed by atoms with Crippen LogP contribution in [0.2, 0.25) is 15.1 Å². The Morgan fingerprint density at radius 1 is 1.04 bits per heavy atom. The highest BCUT2D eigenvalue weighted by Crippen LogP contribution is 2.32. The lowest BCUT2D eigenvalue weighted by Gasteiger charge is -2.18. The Morgan fingerprint density at radius 3 is 2.16 bits per heavy atom. The number of carbonyl (C=O) groups is 1. The lowest BCUT2D eigenvalue weighted by Crippen LogP contribution is -2.28. The van der Waals surface area contributed by atoms with Crippen molar-refractivity contribution in [2.75, 3.05) is 22.4 Å². The summed E-state index contributed by atoms with van der Waals surface area (Å²) in [5.41, 5.74) is 1.13. The van der Waals surface area contributed by atoms with Gasteiger partial charge in [0.25, 0.3) is 5.91 Å². The summed E-state index contributed by atoms with van der Waals surface area (Å²) in [7, 11) is -1.90. The predicted molar refractivity (Wildman–Crippen MR) is 104 cm³/mol. The van der Waals surface area contributed by atoms with Gasteiger partial charge in [-0.15, -0.1) is 0 Å². The molecule has 0 aliphatic rings. The van der Waals surface area contributed by atoms with Gasteiger partial charge >= 0.3 is 0 Å². The second-order valence-corrected chi connectivity index (χ2v) is 8.63. The lowest BCUT2D eigenvalue weighted by molar-refractivity contribution is 0.102. The highest BCUT2D eigenvalue weighted by Gasteiger charge is 2.16. The molecule has 5 nitrogen and oxygen atoms in total. The predicted octanol–water partition coefficient (Wildman–Crippen LogP) is 4.69. The molecule has 0 fully saturated rings. The van der Waals surface area contributed by atoms with E-state index < -0.39 is 15.9 Å². The second kappa shape index (κ2) is 7.83. The number of anilines is 2. The third kappa shape index (κ3) is 4.58. The number of nitrogens with zero attached hydrogens (tertiary/aromatic N) is 1. The molecule has 1 N–H and O–H groups in total. The van der Waals surface area contributed by atoms with Crippen molar-refractivity contribution >= 4 is 62.1 Å². The maximum Gasteiger partial charge on any atom is 0.255 e. The molecule has 0 heterocycles. The summed E-state index contributed by atoms with van der Waals surface area (Å²) in [5.74, 6) is -0.422. The molecule has 0 aromatic heterocycles. The third-order valence-corrected chi connectivity index (χ3v) is 6.34. The molecule has 2 aromatic carbocycles. The van der Waals surface area contributed by atoms with Crippen LogP contribution in [-0.4, -0.2) is 27.1 Å². The fraction of sp³-hybridized carbons (Fsp3) is 0.188. The molecule has 0 saturated carbocycles. The van der Waals surface area contributed by atoms with Crippen molar-refractivity contribution in [1.82, 2.24) is 0 Å². The van der Waals surface area contributed by atoms with Gasteiger partial charge in [-0.25, -0.2) is 8.42 Å². The molecule has 0 radical (unpaired) electrons. The van der Waals surface area contributed by atoms with Crippen molar-refractivity contribution in [1.29, 1.82) is 0 Å². The maximum atomic E-state index is 12.3. The molecule has 9 heteroatoms. The van der Waals surface area contributed by atoms with E-state index in [9.17, 15) is 13.2 Å². The normalized spacial score (nSPS) is 11.2. The van der Waals surface area contributed by atoms with Crippen molar-refractivity contribution in [3.05, 3.63) is 57.0 Å². The third-order valence-electron chi connectivity index (χ3n) is 3.53. The summed E-state index contributed by atoms with van der Waals surface area (Å²) in [6.45, 7) is 1.56. The molecule has 134 valence electrons. The first-order valence-corrected chi connectivity index (χ1v) is 9.92. The van der Waals surface area contributed by atoms with E-state index >= 15 is 0 Å². The molecule has 0 aliphatic heterocycles. The van der Waals surface area contributed by atoms with E-state index in [1.54, 1.807) is 19.1 Å². The zero-order chi connectivity index (χ0) is 18.8. The van der Waals surface area contributed by atoms with Crippen LogP contribution in [0.1, 0.15) is 17.3 Å².